The smallest absolute Gasteiger partial charge is 0.261 e. The largest absolute Gasteiger partial charge is 0.350 e. The van der Waals surface area contributed by atoms with Crippen LogP contribution in [-0.4, -0.2) is 26.3 Å². The van der Waals surface area contributed by atoms with Crippen LogP contribution in [-0.2, 0) is 10.0 Å². The Morgan fingerprint density at radius 1 is 0.886 bits per heavy atom. The van der Waals surface area contributed by atoms with Crippen molar-refractivity contribution in [2.45, 2.75) is 37.6 Å². The molecule has 184 valence electrons. The highest BCUT2D eigenvalue weighted by atomic mass is 35.5. The summed E-state index contributed by atoms with van der Waals surface area (Å²) >= 11 is 11.9. The van der Waals surface area contributed by atoms with Gasteiger partial charge >= 0.3 is 0 Å². The van der Waals surface area contributed by atoms with Gasteiger partial charge in [-0.05, 0) is 80.1 Å². The summed E-state index contributed by atoms with van der Waals surface area (Å²) in [6.07, 6.45) is 1.84. The first kappa shape index (κ1) is 26.5. The van der Waals surface area contributed by atoms with Crippen molar-refractivity contribution in [2.24, 2.45) is 0 Å². The van der Waals surface area contributed by atoms with Gasteiger partial charge in [0.15, 0.2) is 0 Å². The van der Waals surface area contributed by atoms with Crippen molar-refractivity contribution in [3.63, 3.8) is 0 Å². The Bertz CT molecular complexity index is 1310. The Kier molecular flexibility index (Phi) is 8.77. The fourth-order valence-electron chi connectivity index (χ4n) is 3.33. The van der Waals surface area contributed by atoms with Crippen LogP contribution in [0.15, 0.2) is 71.6 Å². The minimum absolute atomic E-state index is 0.00895. The third-order valence-corrected chi connectivity index (χ3v) is 6.97. The lowest BCUT2D eigenvalue weighted by Crippen LogP contribution is -2.32. The number of hydrogen-bond donors (Lipinski definition) is 3. The van der Waals surface area contributed by atoms with Crippen molar-refractivity contribution in [2.75, 3.05) is 10.0 Å². The molecule has 0 fully saturated rings. The van der Waals surface area contributed by atoms with Crippen LogP contribution in [0.2, 0.25) is 10.0 Å². The average Bonchev–Trinajstić information content (AvgIpc) is 2.81. The molecule has 10 heteroatoms. The molecule has 3 aromatic rings. The fourth-order valence-corrected chi connectivity index (χ4v) is 4.70. The highest BCUT2D eigenvalue weighted by Gasteiger charge is 2.20. The monoisotopic (exact) mass is 533 g/mol. The zero-order valence-electron chi connectivity index (χ0n) is 19.1. The van der Waals surface area contributed by atoms with Crippen molar-refractivity contribution in [3.05, 3.63) is 87.9 Å². The van der Waals surface area contributed by atoms with Crippen LogP contribution >= 0.6 is 23.2 Å². The van der Waals surface area contributed by atoms with Crippen LogP contribution in [0.5, 0.6) is 0 Å². The predicted octanol–water partition coefficient (Wildman–Crippen LogP) is 5.96. The van der Waals surface area contributed by atoms with Crippen LogP contribution in [0.3, 0.4) is 0 Å². The minimum atomic E-state index is -3.98. The molecule has 0 aliphatic carbocycles. The third kappa shape index (κ3) is 7.21. The normalized spacial score (nSPS) is 12.0. The lowest BCUT2D eigenvalue weighted by molar-refractivity contribution is 0.0937. The summed E-state index contributed by atoms with van der Waals surface area (Å²) in [4.78, 5) is 25.3. The molecule has 3 N–H and O–H groups in total. The molecule has 35 heavy (non-hydrogen) atoms. The van der Waals surface area contributed by atoms with Gasteiger partial charge in [-0.3, -0.25) is 14.3 Å². The Morgan fingerprint density at radius 3 is 2.14 bits per heavy atom. The molecule has 0 aliphatic rings. The van der Waals surface area contributed by atoms with E-state index >= 15 is 0 Å². The summed E-state index contributed by atoms with van der Waals surface area (Å²) in [5, 5.41) is 6.29. The van der Waals surface area contributed by atoms with E-state index in [-0.39, 0.29) is 33.1 Å². The van der Waals surface area contributed by atoms with Crippen LogP contribution in [0.25, 0.3) is 0 Å². The van der Waals surface area contributed by atoms with Crippen LogP contribution < -0.4 is 15.4 Å². The molecule has 1 unspecified atom stereocenters. The van der Waals surface area contributed by atoms with Gasteiger partial charge in [0.2, 0.25) is 0 Å². The Hall–Kier alpha value is -3.07. The molecule has 0 radical (unpaired) electrons. The molecule has 0 heterocycles. The number of hydrogen-bond acceptors (Lipinski definition) is 4. The second-order valence-electron chi connectivity index (χ2n) is 7.94. The number of benzene rings is 3. The zero-order chi connectivity index (χ0) is 25.6. The van der Waals surface area contributed by atoms with Crippen molar-refractivity contribution >= 4 is 56.4 Å². The number of sulfonamides is 1. The Morgan fingerprint density at radius 2 is 1.51 bits per heavy atom. The van der Waals surface area contributed by atoms with E-state index in [1.807, 2.05) is 13.8 Å². The van der Waals surface area contributed by atoms with Crippen LogP contribution in [0, 0.1) is 0 Å². The van der Waals surface area contributed by atoms with Gasteiger partial charge in [0.1, 0.15) is 0 Å². The summed E-state index contributed by atoms with van der Waals surface area (Å²) < 4.78 is 28.0. The number of anilines is 2. The molecule has 3 aromatic carbocycles. The molecule has 0 saturated heterocycles. The number of nitrogens with one attached hydrogen (secondary N) is 3. The standard InChI is InChI=1S/C25H25Cl2N3O4S/c1-3-4-16(2)28-24(31)17-5-10-20(11-6-17)29-25(32)22-15-19(27)9-14-23(22)30-35(33,34)21-12-7-18(26)8-13-21/h5-16,30H,3-4H2,1-2H3,(H,28,31)(H,29,32). The highest BCUT2D eigenvalue weighted by Crippen LogP contribution is 2.25. The van der Waals surface area contributed by atoms with E-state index in [1.54, 1.807) is 24.3 Å². The maximum atomic E-state index is 13.0. The van der Waals surface area contributed by atoms with Crippen molar-refractivity contribution in [3.8, 4) is 0 Å². The third-order valence-electron chi connectivity index (χ3n) is 5.10. The second kappa shape index (κ2) is 11.6. The summed E-state index contributed by atoms with van der Waals surface area (Å²) in [5.41, 5.74) is 0.984. The first-order valence-electron chi connectivity index (χ1n) is 10.9. The van der Waals surface area contributed by atoms with Gasteiger partial charge in [-0.25, -0.2) is 8.42 Å². The first-order chi connectivity index (χ1) is 16.6. The van der Waals surface area contributed by atoms with E-state index in [1.165, 1.54) is 42.5 Å². The summed E-state index contributed by atoms with van der Waals surface area (Å²) in [5.74, 6) is -0.771. The lowest BCUT2D eigenvalue weighted by Gasteiger charge is -2.14. The SMILES string of the molecule is CCCC(C)NC(=O)c1ccc(NC(=O)c2cc(Cl)ccc2NS(=O)(=O)c2ccc(Cl)cc2)cc1. The first-order valence-corrected chi connectivity index (χ1v) is 13.1. The molecule has 2 amide bonds. The van der Waals surface area contributed by atoms with Gasteiger partial charge < -0.3 is 10.6 Å². The highest BCUT2D eigenvalue weighted by molar-refractivity contribution is 7.92. The zero-order valence-corrected chi connectivity index (χ0v) is 21.5. The van der Waals surface area contributed by atoms with Gasteiger partial charge in [0.05, 0.1) is 16.1 Å². The predicted molar refractivity (Wildman–Crippen MR) is 140 cm³/mol. The van der Waals surface area contributed by atoms with Crippen molar-refractivity contribution in [1.29, 1.82) is 0 Å². The molecule has 1 atom stereocenters. The maximum absolute atomic E-state index is 13.0. The molecular weight excluding hydrogens is 509 g/mol. The van der Waals surface area contributed by atoms with E-state index < -0.39 is 15.9 Å². The van der Waals surface area contributed by atoms with Crippen LogP contribution in [0.1, 0.15) is 47.4 Å². The van der Waals surface area contributed by atoms with E-state index in [9.17, 15) is 18.0 Å². The van der Waals surface area contributed by atoms with E-state index in [0.29, 0.717) is 16.3 Å². The second-order valence-corrected chi connectivity index (χ2v) is 10.5. The molecule has 7 nitrogen and oxygen atoms in total. The Labute approximate surface area is 214 Å². The molecule has 0 bridgehead atoms. The van der Waals surface area contributed by atoms with Gasteiger partial charge in [-0.2, -0.15) is 0 Å². The van der Waals surface area contributed by atoms with Crippen molar-refractivity contribution < 1.29 is 18.0 Å². The molecular formula is C25H25Cl2N3O4S. The number of carbonyl (C=O) groups excluding carboxylic acids is 2. The van der Waals surface area contributed by atoms with E-state index in [2.05, 4.69) is 15.4 Å². The van der Waals surface area contributed by atoms with Crippen molar-refractivity contribution in [1.82, 2.24) is 5.32 Å². The van der Waals surface area contributed by atoms with Gasteiger partial charge in [-0.1, -0.05) is 36.5 Å². The van der Waals surface area contributed by atoms with Gasteiger partial charge in [0.25, 0.3) is 21.8 Å². The van der Waals surface area contributed by atoms with E-state index in [4.69, 9.17) is 23.2 Å². The Balaban J connectivity index is 1.77. The molecule has 0 saturated carbocycles. The number of halogens is 2. The lowest BCUT2D eigenvalue weighted by atomic mass is 10.1. The molecule has 0 aromatic heterocycles. The summed E-state index contributed by atoms with van der Waals surface area (Å²) in [6.45, 7) is 3.99. The topological polar surface area (TPSA) is 104 Å². The number of carbonyl (C=O) groups is 2. The molecule has 0 spiro atoms. The van der Waals surface area contributed by atoms with E-state index in [0.717, 1.165) is 12.8 Å². The molecule has 0 aliphatic heterocycles. The maximum Gasteiger partial charge on any atom is 0.261 e. The summed E-state index contributed by atoms with van der Waals surface area (Å²) in [7, 11) is -3.98. The fraction of sp³-hybridized carbons (Fsp3) is 0.200. The number of rotatable bonds is 9. The average molecular weight is 534 g/mol. The summed E-state index contributed by atoms with van der Waals surface area (Å²) in [6, 6.07) is 16.4. The number of amides is 2. The molecule has 3 rings (SSSR count). The van der Waals surface area contributed by atoms with Gasteiger partial charge in [0, 0.05) is 27.3 Å². The van der Waals surface area contributed by atoms with Gasteiger partial charge in [-0.15, -0.1) is 0 Å². The van der Waals surface area contributed by atoms with Crippen LogP contribution in [0.4, 0.5) is 11.4 Å². The minimum Gasteiger partial charge on any atom is -0.350 e. The quantitative estimate of drug-likeness (QED) is 0.315.